The molecule has 0 aliphatic heterocycles. The van der Waals surface area contributed by atoms with Crippen LogP contribution in [0.4, 0.5) is 11.4 Å². The van der Waals surface area contributed by atoms with Crippen LogP contribution in [0.1, 0.15) is 20.7 Å². The van der Waals surface area contributed by atoms with Gasteiger partial charge >= 0.3 is 5.97 Å². The molecule has 0 aliphatic carbocycles. The van der Waals surface area contributed by atoms with E-state index in [0.717, 1.165) is 0 Å². The van der Waals surface area contributed by atoms with Gasteiger partial charge in [0.25, 0.3) is 5.91 Å². The summed E-state index contributed by atoms with van der Waals surface area (Å²) in [6.45, 7) is 0. The van der Waals surface area contributed by atoms with Gasteiger partial charge < -0.3 is 14.6 Å². The van der Waals surface area contributed by atoms with Crippen molar-refractivity contribution >= 4 is 23.3 Å². The molecule has 7 nitrogen and oxygen atoms in total. The first-order chi connectivity index (χ1) is 13.5. The molecule has 2 aromatic carbocycles. The van der Waals surface area contributed by atoms with Gasteiger partial charge in [-0.15, -0.1) is 0 Å². The third-order valence-corrected chi connectivity index (χ3v) is 4.09. The number of rotatable bonds is 6. The molecule has 0 atom stereocenters. The Kier molecular flexibility index (Phi) is 5.55. The Morgan fingerprint density at radius 2 is 1.61 bits per heavy atom. The predicted molar refractivity (Wildman–Crippen MR) is 104 cm³/mol. The number of carboxylic acids is 1. The average Bonchev–Trinajstić information content (AvgIpc) is 2.74. The summed E-state index contributed by atoms with van der Waals surface area (Å²) >= 11 is 0. The van der Waals surface area contributed by atoms with Gasteiger partial charge in [-0.3, -0.25) is 14.7 Å². The number of carbonyl (C=O) groups is 2. The van der Waals surface area contributed by atoms with E-state index < -0.39 is 5.97 Å². The second-order valence-electron chi connectivity index (χ2n) is 5.78. The van der Waals surface area contributed by atoms with Crippen molar-refractivity contribution in [3.05, 3.63) is 78.1 Å². The SMILES string of the molecule is COc1ccc(N(C(=O)c2cccnc2)c2cccc(C(=O)O)c2)cc1OC. The highest BCUT2D eigenvalue weighted by molar-refractivity contribution is 6.11. The number of nitrogens with zero attached hydrogens (tertiary/aromatic N) is 2. The Bertz CT molecular complexity index is 1000. The van der Waals surface area contributed by atoms with Crippen LogP contribution in [0, 0.1) is 0 Å². The predicted octanol–water partition coefficient (Wildman–Crippen LogP) is 3.78. The van der Waals surface area contributed by atoms with Crippen molar-refractivity contribution in [3.63, 3.8) is 0 Å². The lowest BCUT2D eigenvalue weighted by molar-refractivity contribution is 0.0696. The van der Waals surface area contributed by atoms with Crippen LogP contribution >= 0.6 is 0 Å². The highest BCUT2D eigenvalue weighted by Crippen LogP contribution is 2.35. The zero-order valence-corrected chi connectivity index (χ0v) is 15.3. The zero-order chi connectivity index (χ0) is 20.1. The van der Waals surface area contributed by atoms with Crippen molar-refractivity contribution in [2.45, 2.75) is 0 Å². The van der Waals surface area contributed by atoms with Crippen LogP contribution in [0.25, 0.3) is 0 Å². The first-order valence-electron chi connectivity index (χ1n) is 8.35. The third-order valence-electron chi connectivity index (χ3n) is 4.09. The molecule has 0 fully saturated rings. The summed E-state index contributed by atoms with van der Waals surface area (Å²) in [5.41, 5.74) is 1.33. The molecular formula is C21H18N2O5. The fraction of sp³-hybridized carbons (Fsp3) is 0.0952. The van der Waals surface area contributed by atoms with Gasteiger partial charge in [0.15, 0.2) is 11.5 Å². The second-order valence-corrected chi connectivity index (χ2v) is 5.78. The van der Waals surface area contributed by atoms with E-state index >= 15 is 0 Å². The van der Waals surface area contributed by atoms with Gasteiger partial charge in [-0.05, 0) is 42.5 Å². The number of hydrogen-bond donors (Lipinski definition) is 1. The second kappa shape index (κ2) is 8.22. The molecule has 28 heavy (non-hydrogen) atoms. The third kappa shape index (κ3) is 3.78. The van der Waals surface area contributed by atoms with E-state index in [9.17, 15) is 14.7 Å². The summed E-state index contributed by atoms with van der Waals surface area (Å²) in [7, 11) is 3.02. The number of ether oxygens (including phenoxy) is 2. The summed E-state index contributed by atoms with van der Waals surface area (Å²) in [4.78, 5) is 30.0. The molecule has 0 saturated carbocycles. The van der Waals surface area contributed by atoms with Gasteiger partial charge in [-0.2, -0.15) is 0 Å². The smallest absolute Gasteiger partial charge is 0.335 e. The van der Waals surface area contributed by atoms with E-state index in [2.05, 4.69) is 4.98 Å². The molecule has 1 N–H and O–H groups in total. The summed E-state index contributed by atoms with van der Waals surface area (Å²) < 4.78 is 10.6. The summed E-state index contributed by atoms with van der Waals surface area (Å²) in [5, 5.41) is 9.32. The minimum Gasteiger partial charge on any atom is -0.493 e. The van der Waals surface area contributed by atoms with Gasteiger partial charge in [-0.1, -0.05) is 6.07 Å². The maximum absolute atomic E-state index is 13.2. The standard InChI is InChI=1S/C21H18N2O5/c1-27-18-9-8-17(12-19(18)28-2)23(20(24)15-6-4-10-22-13-15)16-7-3-5-14(11-16)21(25)26/h3-13H,1-2H3,(H,25,26). The Morgan fingerprint density at radius 1 is 0.893 bits per heavy atom. The molecule has 3 aromatic rings. The maximum atomic E-state index is 13.2. The van der Waals surface area contributed by atoms with Crippen molar-refractivity contribution in [3.8, 4) is 11.5 Å². The fourth-order valence-corrected chi connectivity index (χ4v) is 2.74. The van der Waals surface area contributed by atoms with Crippen molar-refractivity contribution in [2.75, 3.05) is 19.1 Å². The molecule has 3 rings (SSSR count). The van der Waals surface area contributed by atoms with Crippen LogP contribution in [0.5, 0.6) is 11.5 Å². The first kappa shape index (κ1) is 18.9. The van der Waals surface area contributed by atoms with Crippen LogP contribution in [-0.2, 0) is 0 Å². The minimum atomic E-state index is -1.08. The Balaban J connectivity index is 2.16. The van der Waals surface area contributed by atoms with Crippen molar-refractivity contribution in [1.29, 1.82) is 0 Å². The molecule has 142 valence electrons. The molecule has 1 amide bonds. The lowest BCUT2D eigenvalue weighted by atomic mass is 10.1. The molecule has 0 unspecified atom stereocenters. The van der Waals surface area contributed by atoms with E-state index in [4.69, 9.17) is 9.47 Å². The number of pyridine rings is 1. The van der Waals surface area contributed by atoms with Crippen molar-refractivity contribution in [1.82, 2.24) is 4.98 Å². The van der Waals surface area contributed by atoms with Crippen LogP contribution in [0.2, 0.25) is 0 Å². The highest BCUT2D eigenvalue weighted by atomic mass is 16.5. The van der Waals surface area contributed by atoms with Crippen LogP contribution < -0.4 is 14.4 Å². The monoisotopic (exact) mass is 378 g/mol. The highest BCUT2D eigenvalue weighted by Gasteiger charge is 2.22. The van der Waals surface area contributed by atoms with E-state index in [1.807, 2.05) is 0 Å². The number of methoxy groups -OCH3 is 2. The minimum absolute atomic E-state index is 0.0713. The Morgan fingerprint density at radius 3 is 2.25 bits per heavy atom. The van der Waals surface area contributed by atoms with Gasteiger partial charge in [0.05, 0.1) is 36.7 Å². The van der Waals surface area contributed by atoms with E-state index in [-0.39, 0.29) is 11.5 Å². The zero-order valence-electron chi connectivity index (χ0n) is 15.3. The molecule has 0 saturated heterocycles. The first-order valence-corrected chi connectivity index (χ1v) is 8.35. The molecule has 0 bridgehead atoms. The lowest BCUT2D eigenvalue weighted by Gasteiger charge is -2.24. The number of aromatic carboxylic acids is 1. The van der Waals surface area contributed by atoms with Gasteiger partial charge in [0.2, 0.25) is 0 Å². The van der Waals surface area contributed by atoms with E-state index in [0.29, 0.717) is 28.4 Å². The number of anilines is 2. The Labute approximate surface area is 161 Å². The molecular weight excluding hydrogens is 360 g/mol. The topological polar surface area (TPSA) is 89.0 Å². The normalized spacial score (nSPS) is 10.2. The number of benzene rings is 2. The summed E-state index contributed by atoms with van der Waals surface area (Å²) in [6.07, 6.45) is 3.03. The van der Waals surface area contributed by atoms with Gasteiger partial charge in [-0.25, -0.2) is 4.79 Å². The van der Waals surface area contributed by atoms with Crippen molar-refractivity contribution < 1.29 is 24.2 Å². The van der Waals surface area contributed by atoms with Crippen LogP contribution in [-0.4, -0.2) is 36.2 Å². The lowest BCUT2D eigenvalue weighted by Crippen LogP contribution is -2.26. The van der Waals surface area contributed by atoms with Gasteiger partial charge in [0.1, 0.15) is 0 Å². The van der Waals surface area contributed by atoms with E-state index in [1.165, 1.54) is 37.4 Å². The molecule has 0 spiro atoms. The summed E-state index contributed by atoms with van der Waals surface area (Å²) in [5.74, 6) is -0.483. The number of aromatic nitrogens is 1. The number of amides is 1. The average molecular weight is 378 g/mol. The molecule has 0 radical (unpaired) electrons. The van der Waals surface area contributed by atoms with Gasteiger partial charge in [0, 0.05) is 18.5 Å². The number of carbonyl (C=O) groups excluding carboxylic acids is 1. The number of carboxylic acid groups (broad SMARTS) is 1. The largest absolute Gasteiger partial charge is 0.493 e. The fourth-order valence-electron chi connectivity index (χ4n) is 2.74. The molecule has 0 aliphatic rings. The van der Waals surface area contributed by atoms with Crippen LogP contribution in [0.3, 0.4) is 0 Å². The number of hydrogen-bond acceptors (Lipinski definition) is 5. The maximum Gasteiger partial charge on any atom is 0.335 e. The molecule has 1 heterocycles. The van der Waals surface area contributed by atoms with Crippen LogP contribution in [0.15, 0.2) is 67.0 Å². The molecule has 7 heteroatoms. The quantitative estimate of drug-likeness (QED) is 0.702. The van der Waals surface area contributed by atoms with Crippen molar-refractivity contribution in [2.24, 2.45) is 0 Å². The summed E-state index contributed by atoms with van der Waals surface area (Å²) in [6, 6.07) is 14.5. The van der Waals surface area contributed by atoms with E-state index in [1.54, 1.807) is 48.7 Å². The molecule has 1 aromatic heterocycles. The Hall–Kier alpha value is -3.87.